The fourth-order valence-corrected chi connectivity index (χ4v) is 4.90. The van der Waals surface area contributed by atoms with Crippen molar-refractivity contribution in [2.75, 3.05) is 38.0 Å². The number of nitriles is 1. The van der Waals surface area contributed by atoms with E-state index in [1.54, 1.807) is 18.3 Å². The molecule has 0 aromatic carbocycles. The molecule has 1 aliphatic carbocycles. The number of hydrogen-bond acceptors (Lipinski definition) is 4. The number of amides is 2. The lowest BCUT2D eigenvalue weighted by molar-refractivity contribution is -0.903. The number of fused-ring (bicyclic) bond motifs is 1. The van der Waals surface area contributed by atoms with Crippen LogP contribution in [0.3, 0.4) is 0 Å². The Labute approximate surface area is 152 Å². The molecule has 0 unspecified atom stereocenters. The van der Waals surface area contributed by atoms with Crippen molar-refractivity contribution in [3.8, 4) is 6.07 Å². The molecule has 1 aromatic heterocycles. The monoisotopic (exact) mass is 361 g/mol. The number of piperazine rings is 1. The van der Waals surface area contributed by atoms with Gasteiger partial charge < -0.3 is 15.1 Å². The molecule has 3 rings (SSSR count). The highest BCUT2D eigenvalue weighted by Gasteiger charge is 2.24. The molecule has 1 fully saturated rings. The van der Waals surface area contributed by atoms with Crippen LogP contribution < -0.4 is 10.2 Å². The average molecular weight is 361 g/mol. The predicted octanol–water partition coefficient (Wildman–Crippen LogP) is 0.574. The molecule has 134 valence electrons. The Balaban J connectivity index is 1.51. The highest BCUT2D eigenvalue weighted by molar-refractivity contribution is 7.16. The van der Waals surface area contributed by atoms with Gasteiger partial charge in [0, 0.05) is 11.8 Å². The largest absolute Gasteiger partial charge is 0.332 e. The van der Waals surface area contributed by atoms with Gasteiger partial charge in [0.1, 0.15) is 11.1 Å². The van der Waals surface area contributed by atoms with Crippen LogP contribution in [0.4, 0.5) is 5.00 Å². The minimum Gasteiger partial charge on any atom is -0.332 e. The summed E-state index contributed by atoms with van der Waals surface area (Å²) >= 11 is 1.57. The second-order valence-electron chi connectivity index (χ2n) is 6.83. The minimum absolute atomic E-state index is 0.0170. The Morgan fingerprint density at radius 3 is 2.68 bits per heavy atom. The highest BCUT2D eigenvalue weighted by Crippen LogP contribution is 2.37. The van der Waals surface area contributed by atoms with E-state index in [1.165, 1.54) is 16.2 Å². The molecule has 0 atom stereocenters. The lowest BCUT2D eigenvalue weighted by Gasteiger charge is -2.31. The quantitative estimate of drug-likeness (QED) is 0.823. The van der Waals surface area contributed by atoms with Gasteiger partial charge in [-0.1, -0.05) is 0 Å². The summed E-state index contributed by atoms with van der Waals surface area (Å²) in [7, 11) is 0. The first kappa shape index (κ1) is 17.9. The van der Waals surface area contributed by atoms with Gasteiger partial charge in [-0.25, -0.2) is 0 Å². The van der Waals surface area contributed by atoms with Crippen LogP contribution >= 0.6 is 11.3 Å². The fourth-order valence-electron chi connectivity index (χ4n) is 3.64. The maximum absolute atomic E-state index is 12.3. The normalized spacial score (nSPS) is 17.7. The second kappa shape index (κ2) is 7.98. The molecule has 0 spiro atoms. The molecule has 0 radical (unpaired) electrons. The van der Waals surface area contributed by atoms with Gasteiger partial charge in [0.15, 0.2) is 0 Å². The molecule has 1 aromatic rings. The molecule has 7 heteroatoms. The van der Waals surface area contributed by atoms with E-state index in [-0.39, 0.29) is 11.8 Å². The number of nitrogens with one attached hydrogen (secondary N) is 2. The topological polar surface area (TPSA) is 77.6 Å². The van der Waals surface area contributed by atoms with Gasteiger partial charge in [-0.05, 0) is 31.2 Å². The van der Waals surface area contributed by atoms with Crippen molar-refractivity contribution in [1.29, 1.82) is 5.26 Å². The summed E-state index contributed by atoms with van der Waals surface area (Å²) in [5.41, 5.74) is 1.83. The van der Waals surface area contributed by atoms with E-state index < -0.39 is 0 Å². The first-order chi connectivity index (χ1) is 12.1. The van der Waals surface area contributed by atoms with Gasteiger partial charge >= 0.3 is 0 Å². The van der Waals surface area contributed by atoms with Gasteiger partial charge in [-0.3, -0.25) is 9.59 Å². The van der Waals surface area contributed by atoms with Crippen molar-refractivity contribution in [3.63, 3.8) is 0 Å². The van der Waals surface area contributed by atoms with Gasteiger partial charge in [0.25, 0.3) is 0 Å². The van der Waals surface area contributed by atoms with Crippen LogP contribution in [-0.4, -0.2) is 49.4 Å². The summed E-state index contributed by atoms with van der Waals surface area (Å²) in [5.74, 6) is 0.110. The molecular formula is C18H25N4O2S+. The first-order valence-electron chi connectivity index (χ1n) is 9.02. The van der Waals surface area contributed by atoms with E-state index in [9.17, 15) is 14.9 Å². The zero-order chi connectivity index (χ0) is 17.8. The molecule has 2 N–H and O–H groups in total. The van der Waals surface area contributed by atoms with Crippen LogP contribution in [0.2, 0.25) is 0 Å². The van der Waals surface area contributed by atoms with E-state index >= 15 is 0 Å². The maximum Gasteiger partial charge on any atom is 0.230 e. The zero-order valence-corrected chi connectivity index (χ0v) is 15.5. The van der Waals surface area contributed by atoms with Crippen LogP contribution in [-0.2, 0) is 22.4 Å². The number of rotatable bonds is 4. The molecule has 2 heterocycles. The Morgan fingerprint density at radius 2 is 2.00 bits per heavy atom. The summed E-state index contributed by atoms with van der Waals surface area (Å²) in [4.78, 5) is 28.2. The Bertz CT molecular complexity index is 699. The second-order valence-corrected chi connectivity index (χ2v) is 7.94. The molecule has 1 saturated heterocycles. The van der Waals surface area contributed by atoms with Gasteiger partial charge in [-0.15, -0.1) is 11.3 Å². The third-order valence-electron chi connectivity index (χ3n) is 5.16. The number of hydrogen-bond donors (Lipinski definition) is 2. The highest BCUT2D eigenvalue weighted by atomic mass is 32.1. The maximum atomic E-state index is 12.3. The summed E-state index contributed by atoms with van der Waals surface area (Å²) < 4.78 is 0. The smallest absolute Gasteiger partial charge is 0.230 e. The molecule has 0 bridgehead atoms. The third kappa shape index (κ3) is 4.20. The van der Waals surface area contributed by atoms with Crippen molar-refractivity contribution in [1.82, 2.24) is 4.90 Å². The molecule has 25 heavy (non-hydrogen) atoms. The van der Waals surface area contributed by atoms with E-state index in [2.05, 4.69) is 11.4 Å². The average Bonchev–Trinajstić information content (AvgIpc) is 2.97. The number of quaternary nitrogens is 1. The fraction of sp³-hybridized carbons (Fsp3) is 0.611. The van der Waals surface area contributed by atoms with Crippen LogP contribution in [0, 0.1) is 11.3 Å². The zero-order valence-electron chi connectivity index (χ0n) is 14.7. The van der Waals surface area contributed by atoms with Crippen molar-refractivity contribution in [2.24, 2.45) is 0 Å². The van der Waals surface area contributed by atoms with Crippen LogP contribution in [0.15, 0.2) is 0 Å². The molecule has 1 aliphatic heterocycles. The van der Waals surface area contributed by atoms with Crippen molar-refractivity contribution < 1.29 is 14.5 Å². The van der Waals surface area contributed by atoms with Gasteiger partial charge in [0.05, 0.1) is 44.7 Å². The third-order valence-corrected chi connectivity index (χ3v) is 6.36. The Hall–Kier alpha value is -1.91. The Morgan fingerprint density at radius 1 is 1.28 bits per heavy atom. The van der Waals surface area contributed by atoms with Crippen molar-refractivity contribution >= 4 is 28.2 Å². The van der Waals surface area contributed by atoms with Gasteiger partial charge in [-0.2, -0.15) is 5.26 Å². The molecule has 2 amide bonds. The van der Waals surface area contributed by atoms with Gasteiger partial charge in [0.2, 0.25) is 11.8 Å². The van der Waals surface area contributed by atoms with Crippen molar-refractivity contribution in [3.05, 3.63) is 16.0 Å². The summed E-state index contributed by atoms with van der Waals surface area (Å²) in [6.45, 7) is 5.69. The number of nitrogens with zero attached hydrogens (tertiary/aromatic N) is 2. The lowest BCUT2D eigenvalue weighted by atomic mass is 9.96. The summed E-state index contributed by atoms with van der Waals surface area (Å²) in [6, 6.07) is 2.28. The number of carbonyl (C=O) groups is 2. The lowest BCUT2D eigenvalue weighted by Crippen LogP contribution is -3.15. The summed E-state index contributed by atoms with van der Waals surface area (Å²) in [6.07, 6.45) is 4.72. The van der Waals surface area contributed by atoms with Crippen LogP contribution in [0.1, 0.15) is 42.2 Å². The molecule has 0 saturated carbocycles. The standard InChI is InChI=1S/C18H24N4O2S/c1-13(23)22-10-8-21(9-11-22)7-6-17(24)20-18-15(12-19)14-4-2-3-5-16(14)25-18/h2-11H2,1H3,(H,20,24)/p+1. The van der Waals surface area contributed by atoms with E-state index in [0.29, 0.717) is 12.0 Å². The predicted molar refractivity (Wildman–Crippen MR) is 96.7 cm³/mol. The van der Waals surface area contributed by atoms with E-state index in [1.807, 2.05) is 4.90 Å². The van der Waals surface area contributed by atoms with E-state index in [4.69, 9.17) is 0 Å². The van der Waals surface area contributed by atoms with Crippen molar-refractivity contribution in [2.45, 2.75) is 39.0 Å². The minimum atomic E-state index is -0.0170. The molecular weight excluding hydrogens is 336 g/mol. The van der Waals surface area contributed by atoms with Crippen LogP contribution in [0.5, 0.6) is 0 Å². The number of thiophene rings is 1. The Kier molecular flexibility index (Phi) is 5.71. The molecule has 2 aliphatic rings. The van der Waals surface area contributed by atoms with Crippen LogP contribution in [0.25, 0.3) is 0 Å². The first-order valence-corrected chi connectivity index (χ1v) is 9.83. The number of carbonyl (C=O) groups excluding carboxylic acids is 2. The number of anilines is 1. The SMILES string of the molecule is CC(=O)N1CC[NH+](CCC(=O)Nc2sc3c(c2C#N)CCCC3)CC1. The molecule has 6 nitrogen and oxygen atoms in total. The number of aryl methyl sites for hydroxylation is 1. The summed E-state index contributed by atoms with van der Waals surface area (Å²) in [5, 5.41) is 13.1. The van der Waals surface area contributed by atoms with E-state index in [0.717, 1.165) is 62.6 Å².